The van der Waals surface area contributed by atoms with Crippen molar-refractivity contribution in [2.75, 3.05) is 18.0 Å². The zero-order valence-electron chi connectivity index (χ0n) is 15.5. The molecule has 1 fully saturated rings. The lowest BCUT2D eigenvalue weighted by Crippen LogP contribution is -2.37. The first-order valence-corrected chi connectivity index (χ1v) is 9.19. The van der Waals surface area contributed by atoms with Crippen molar-refractivity contribution in [2.24, 2.45) is 5.92 Å². The average molecular weight is 378 g/mol. The van der Waals surface area contributed by atoms with Gasteiger partial charge in [0.2, 0.25) is 0 Å². The van der Waals surface area contributed by atoms with E-state index >= 15 is 0 Å². The van der Waals surface area contributed by atoms with Crippen molar-refractivity contribution >= 4 is 16.7 Å². The van der Waals surface area contributed by atoms with E-state index in [2.05, 4.69) is 25.9 Å². The summed E-state index contributed by atoms with van der Waals surface area (Å²) in [4.78, 5) is 27.7. The molecular weight excluding hydrogens is 359 g/mol. The molecule has 1 aliphatic rings. The van der Waals surface area contributed by atoms with Crippen molar-refractivity contribution < 1.29 is 4.39 Å². The highest BCUT2D eigenvalue weighted by atomic mass is 19.1. The Bertz CT molecular complexity index is 1130. The molecule has 0 saturated carbocycles. The lowest BCUT2D eigenvalue weighted by Gasteiger charge is -2.33. The van der Waals surface area contributed by atoms with Crippen molar-refractivity contribution in [1.29, 1.82) is 5.26 Å². The van der Waals surface area contributed by atoms with E-state index in [1.807, 2.05) is 0 Å². The van der Waals surface area contributed by atoms with Gasteiger partial charge in [-0.1, -0.05) is 0 Å². The summed E-state index contributed by atoms with van der Waals surface area (Å²) in [6.07, 6.45) is 4.85. The van der Waals surface area contributed by atoms with Crippen LogP contribution in [0.4, 0.5) is 10.2 Å². The first-order chi connectivity index (χ1) is 13.6. The zero-order valence-corrected chi connectivity index (χ0v) is 15.5. The van der Waals surface area contributed by atoms with Crippen LogP contribution in [0, 0.1) is 30.0 Å². The number of fused-ring (bicyclic) bond motifs is 1. The predicted molar refractivity (Wildman–Crippen MR) is 102 cm³/mol. The van der Waals surface area contributed by atoms with Crippen molar-refractivity contribution in [1.82, 2.24) is 19.5 Å². The fraction of sp³-hybridized carbons (Fsp3) is 0.350. The van der Waals surface area contributed by atoms with E-state index in [1.165, 1.54) is 24.4 Å². The molecule has 3 heterocycles. The van der Waals surface area contributed by atoms with Crippen molar-refractivity contribution in [3.63, 3.8) is 0 Å². The predicted octanol–water partition coefficient (Wildman–Crippen LogP) is 2.42. The highest BCUT2D eigenvalue weighted by Gasteiger charge is 2.23. The van der Waals surface area contributed by atoms with Crippen LogP contribution in [0.5, 0.6) is 0 Å². The van der Waals surface area contributed by atoms with Crippen molar-refractivity contribution in [3.8, 4) is 6.07 Å². The van der Waals surface area contributed by atoms with Crippen molar-refractivity contribution in [2.45, 2.75) is 26.3 Å². The molecule has 7 nitrogen and oxygen atoms in total. The molecule has 0 atom stereocenters. The van der Waals surface area contributed by atoms with Crippen LogP contribution < -0.4 is 10.5 Å². The van der Waals surface area contributed by atoms with Crippen LogP contribution in [-0.2, 0) is 6.54 Å². The second-order valence-corrected chi connectivity index (χ2v) is 7.01. The largest absolute Gasteiger partial charge is 0.354 e. The summed E-state index contributed by atoms with van der Waals surface area (Å²) in [5, 5.41) is 9.65. The molecular formula is C20H19FN6O. The number of piperidine rings is 1. The van der Waals surface area contributed by atoms with Crippen LogP contribution in [0.2, 0.25) is 0 Å². The van der Waals surface area contributed by atoms with E-state index in [9.17, 15) is 14.4 Å². The number of rotatable bonds is 3. The number of hydrogen-bond donors (Lipinski definition) is 0. The molecule has 28 heavy (non-hydrogen) atoms. The van der Waals surface area contributed by atoms with E-state index in [0.29, 0.717) is 40.7 Å². The third-order valence-electron chi connectivity index (χ3n) is 5.25. The van der Waals surface area contributed by atoms with Crippen LogP contribution in [0.1, 0.15) is 24.4 Å². The summed E-state index contributed by atoms with van der Waals surface area (Å²) in [5.41, 5.74) is 0.588. The number of anilines is 1. The molecule has 3 aromatic rings. The van der Waals surface area contributed by atoms with Crippen LogP contribution >= 0.6 is 0 Å². The summed E-state index contributed by atoms with van der Waals surface area (Å²) < 4.78 is 15.1. The van der Waals surface area contributed by atoms with E-state index in [1.54, 1.807) is 17.7 Å². The van der Waals surface area contributed by atoms with Gasteiger partial charge in [0.1, 0.15) is 17.7 Å². The molecule has 0 radical (unpaired) electrons. The Morgan fingerprint density at radius 1 is 1.25 bits per heavy atom. The third kappa shape index (κ3) is 3.31. The first kappa shape index (κ1) is 18.0. The Morgan fingerprint density at radius 2 is 2.00 bits per heavy atom. The zero-order chi connectivity index (χ0) is 19.7. The number of aromatic nitrogens is 4. The molecule has 0 bridgehead atoms. The monoisotopic (exact) mass is 378 g/mol. The van der Waals surface area contributed by atoms with Gasteiger partial charge in [-0.3, -0.25) is 9.36 Å². The molecule has 0 N–H and O–H groups in total. The normalized spacial score (nSPS) is 15.0. The third-order valence-corrected chi connectivity index (χ3v) is 5.25. The van der Waals surface area contributed by atoms with Crippen LogP contribution in [0.15, 0.2) is 35.4 Å². The van der Waals surface area contributed by atoms with Gasteiger partial charge in [0.15, 0.2) is 11.5 Å². The molecule has 2 aromatic heterocycles. The Labute approximate surface area is 161 Å². The van der Waals surface area contributed by atoms with Crippen LogP contribution in [0.3, 0.4) is 0 Å². The molecule has 0 aliphatic carbocycles. The maximum absolute atomic E-state index is 13.4. The summed E-state index contributed by atoms with van der Waals surface area (Å²) in [6, 6.07) is 6.16. The van der Waals surface area contributed by atoms with E-state index in [4.69, 9.17) is 0 Å². The van der Waals surface area contributed by atoms with Gasteiger partial charge in [0.25, 0.3) is 5.56 Å². The molecule has 0 spiro atoms. The van der Waals surface area contributed by atoms with Crippen LogP contribution in [-0.4, -0.2) is 32.6 Å². The molecule has 1 aromatic carbocycles. The Hall–Kier alpha value is -3.34. The van der Waals surface area contributed by atoms with E-state index in [-0.39, 0.29) is 5.56 Å². The number of benzene rings is 1. The second kappa shape index (κ2) is 7.35. The Balaban J connectivity index is 1.52. The number of hydrogen-bond acceptors (Lipinski definition) is 6. The summed E-state index contributed by atoms with van der Waals surface area (Å²) >= 11 is 0. The minimum absolute atomic E-state index is 0.134. The minimum atomic E-state index is -0.398. The lowest BCUT2D eigenvalue weighted by molar-refractivity contribution is 0.347. The maximum atomic E-state index is 13.4. The highest BCUT2D eigenvalue weighted by molar-refractivity contribution is 5.77. The second-order valence-electron chi connectivity index (χ2n) is 7.01. The molecule has 0 unspecified atom stereocenters. The number of nitrogens with zero attached hydrogens (tertiary/aromatic N) is 6. The molecule has 1 aliphatic heterocycles. The van der Waals surface area contributed by atoms with Gasteiger partial charge in [-0.05, 0) is 37.8 Å². The molecule has 8 heteroatoms. The van der Waals surface area contributed by atoms with Gasteiger partial charge in [-0.2, -0.15) is 5.26 Å². The number of nitriles is 1. The molecule has 4 rings (SSSR count). The topological polar surface area (TPSA) is 87.7 Å². The smallest absolute Gasteiger partial charge is 0.261 e. The fourth-order valence-electron chi connectivity index (χ4n) is 3.75. The van der Waals surface area contributed by atoms with Gasteiger partial charge in [0.05, 0.1) is 10.9 Å². The SMILES string of the molecule is Cc1nc2cc(F)ccc2c(=O)n1CC1CCN(c2nccnc2C#N)CC1. The van der Waals surface area contributed by atoms with E-state index in [0.717, 1.165) is 25.9 Å². The Morgan fingerprint density at radius 3 is 2.75 bits per heavy atom. The summed E-state index contributed by atoms with van der Waals surface area (Å²) in [7, 11) is 0. The van der Waals surface area contributed by atoms with Crippen molar-refractivity contribution in [3.05, 3.63) is 58.3 Å². The minimum Gasteiger partial charge on any atom is -0.354 e. The fourth-order valence-corrected chi connectivity index (χ4v) is 3.75. The highest BCUT2D eigenvalue weighted by Crippen LogP contribution is 2.24. The molecule has 142 valence electrons. The molecule has 1 saturated heterocycles. The van der Waals surface area contributed by atoms with Crippen LogP contribution in [0.25, 0.3) is 10.9 Å². The van der Waals surface area contributed by atoms with Gasteiger partial charge in [-0.15, -0.1) is 0 Å². The quantitative estimate of drug-likeness (QED) is 0.696. The average Bonchev–Trinajstić information content (AvgIpc) is 2.71. The lowest BCUT2D eigenvalue weighted by atomic mass is 9.96. The van der Waals surface area contributed by atoms with E-state index < -0.39 is 5.82 Å². The van der Waals surface area contributed by atoms with Gasteiger partial charge in [-0.25, -0.2) is 19.3 Å². The standard InChI is InChI=1S/C20H19FN6O/c1-13-25-17-10-15(21)2-3-16(17)20(28)27(13)12-14-4-8-26(9-5-14)19-18(11-22)23-6-7-24-19/h2-3,6-7,10,14H,4-5,8-9,12H2,1H3. The molecule has 0 amide bonds. The van der Waals surface area contributed by atoms with Gasteiger partial charge in [0, 0.05) is 38.1 Å². The van der Waals surface area contributed by atoms with Gasteiger partial charge >= 0.3 is 0 Å². The van der Waals surface area contributed by atoms with Gasteiger partial charge < -0.3 is 4.90 Å². The Kier molecular flexibility index (Phi) is 4.74. The number of aryl methyl sites for hydroxylation is 1. The maximum Gasteiger partial charge on any atom is 0.261 e. The number of halogens is 1. The summed E-state index contributed by atoms with van der Waals surface area (Å²) in [6.45, 7) is 3.85. The summed E-state index contributed by atoms with van der Waals surface area (Å²) in [5.74, 6) is 1.12. The first-order valence-electron chi connectivity index (χ1n) is 9.19.